The van der Waals surface area contributed by atoms with Gasteiger partial charge in [-0.3, -0.25) is 14.5 Å². The topological polar surface area (TPSA) is 73.7 Å². The van der Waals surface area contributed by atoms with Crippen LogP contribution in [0.15, 0.2) is 30.5 Å². The highest BCUT2D eigenvalue weighted by molar-refractivity contribution is 7.16. The third kappa shape index (κ3) is 4.70. The lowest BCUT2D eigenvalue weighted by atomic mass is 10.1. The lowest BCUT2D eigenvalue weighted by molar-refractivity contribution is -0.138. The zero-order chi connectivity index (χ0) is 19.4. The van der Waals surface area contributed by atoms with Crippen molar-refractivity contribution < 1.29 is 19.1 Å². The number of nitrogens with zero attached hydrogens (tertiary/aromatic N) is 3. The quantitative estimate of drug-likeness (QED) is 0.848. The summed E-state index contributed by atoms with van der Waals surface area (Å²) in [6.45, 7) is 1.20. The summed E-state index contributed by atoms with van der Waals surface area (Å²) in [4.78, 5) is 32.1. The van der Waals surface area contributed by atoms with Gasteiger partial charge in [-0.25, -0.2) is 9.37 Å². The van der Waals surface area contributed by atoms with E-state index in [0.717, 1.165) is 19.3 Å². The Hall–Kier alpha value is -2.32. The molecule has 0 radical (unpaired) electrons. The summed E-state index contributed by atoms with van der Waals surface area (Å²) < 4.78 is 13.9. The van der Waals surface area contributed by atoms with Gasteiger partial charge in [0.1, 0.15) is 15.7 Å². The number of likely N-dealkylation sites (tertiary alicyclic amines) is 1. The number of hydrogen-bond acceptors (Lipinski definition) is 5. The standard InChI is InChI=1S/C19H22FN3O3S/c1-22(12-17(24)25)13-5-4-9-23(10-8-13)19(26)16-11-21-18(27-16)14-6-2-3-7-15(14)20/h2-3,6-7,11,13H,4-5,8-10,12H2,1H3,(H,24,25). The monoisotopic (exact) mass is 391 g/mol. The van der Waals surface area contributed by atoms with Crippen molar-refractivity contribution in [2.75, 3.05) is 26.7 Å². The number of carbonyl (C=O) groups excluding carboxylic acids is 1. The summed E-state index contributed by atoms with van der Waals surface area (Å²) in [7, 11) is 1.81. The van der Waals surface area contributed by atoms with E-state index < -0.39 is 5.97 Å². The van der Waals surface area contributed by atoms with Crippen LogP contribution in [0.5, 0.6) is 0 Å². The number of aliphatic carboxylic acids is 1. The van der Waals surface area contributed by atoms with E-state index in [2.05, 4.69) is 4.98 Å². The van der Waals surface area contributed by atoms with Gasteiger partial charge >= 0.3 is 5.97 Å². The fraction of sp³-hybridized carbons (Fsp3) is 0.421. The molecule has 0 bridgehead atoms. The highest BCUT2D eigenvalue weighted by Crippen LogP contribution is 2.28. The fourth-order valence-corrected chi connectivity index (χ4v) is 4.26. The Bertz CT molecular complexity index is 826. The maximum atomic E-state index is 13.9. The van der Waals surface area contributed by atoms with Gasteiger partial charge in [0.25, 0.3) is 5.91 Å². The molecule has 8 heteroatoms. The molecule has 144 valence electrons. The molecule has 1 fully saturated rings. The molecule has 1 aliphatic rings. The van der Waals surface area contributed by atoms with Crippen LogP contribution in [0.3, 0.4) is 0 Å². The first kappa shape index (κ1) is 19.4. The molecule has 1 saturated heterocycles. The Balaban J connectivity index is 1.66. The Kier molecular flexibility index (Phi) is 6.18. The van der Waals surface area contributed by atoms with Gasteiger partial charge in [0, 0.05) is 24.7 Å². The Morgan fingerprint density at radius 3 is 2.85 bits per heavy atom. The van der Waals surface area contributed by atoms with Gasteiger partial charge in [-0.05, 0) is 38.4 Å². The number of amides is 1. The summed E-state index contributed by atoms with van der Waals surface area (Å²) in [5.41, 5.74) is 0.396. The van der Waals surface area contributed by atoms with Crippen molar-refractivity contribution in [2.45, 2.75) is 25.3 Å². The number of likely N-dealkylation sites (N-methyl/N-ethyl adjacent to an activating group) is 1. The highest BCUT2D eigenvalue weighted by Gasteiger charge is 2.26. The van der Waals surface area contributed by atoms with Crippen LogP contribution < -0.4 is 0 Å². The maximum Gasteiger partial charge on any atom is 0.317 e. The van der Waals surface area contributed by atoms with Gasteiger partial charge in [-0.15, -0.1) is 11.3 Å². The van der Waals surface area contributed by atoms with Crippen molar-refractivity contribution in [1.82, 2.24) is 14.8 Å². The number of benzene rings is 1. The molecule has 27 heavy (non-hydrogen) atoms. The molecule has 1 aliphatic heterocycles. The summed E-state index contributed by atoms with van der Waals surface area (Å²) in [6.07, 6.45) is 3.91. The van der Waals surface area contributed by atoms with E-state index in [1.807, 2.05) is 4.90 Å². The van der Waals surface area contributed by atoms with E-state index in [1.54, 1.807) is 30.1 Å². The molecule has 1 amide bonds. The summed E-state index contributed by atoms with van der Waals surface area (Å²) in [6, 6.07) is 6.53. The minimum absolute atomic E-state index is 0.000538. The molecule has 2 aromatic rings. The van der Waals surface area contributed by atoms with E-state index in [9.17, 15) is 14.0 Å². The van der Waals surface area contributed by atoms with Gasteiger partial charge in [-0.2, -0.15) is 0 Å². The summed E-state index contributed by atoms with van der Waals surface area (Å²) in [5, 5.41) is 9.44. The molecule has 1 atom stereocenters. The van der Waals surface area contributed by atoms with Gasteiger partial charge in [0.05, 0.1) is 12.7 Å². The Morgan fingerprint density at radius 1 is 1.33 bits per heavy atom. The molecule has 1 aromatic heterocycles. The number of hydrogen-bond donors (Lipinski definition) is 1. The van der Waals surface area contributed by atoms with Crippen LogP contribution in [0.25, 0.3) is 10.6 Å². The zero-order valence-electron chi connectivity index (χ0n) is 15.1. The van der Waals surface area contributed by atoms with Crippen molar-refractivity contribution in [3.63, 3.8) is 0 Å². The number of carbonyl (C=O) groups is 2. The van der Waals surface area contributed by atoms with E-state index in [0.29, 0.717) is 28.5 Å². The van der Waals surface area contributed by atoms with Gasteiger partial charge in [0.2, 0.25) is 0 Å². The van der Waals surface area contributed by atoms with Crippen molar-refractivity contribution >= 4 is 23.2 Å². The molecule has 1 N–H and O–H groups in total. The first-order valence-electron chi connectivity index (χ1n) is 8.87. The lowest BCUT2D eigenvalue weighted by Crippen LogP contribution is -2.37. The second-order valence-electron chi connectivity index (χ2n) is 6.70. The highest BCUT2D eigenvalue weighted by atomic mass is 32.1. The number of halogens is 1. The molecular formula is C19H22FN3O3S. The third-order valence-electron chi connectivity index (χ3n) is 4.81. The van der Waals surface area contributed by atoms with E-state index in [-0.39, 0.29) is 24.3 Å². The smallest absolute Gasteiger partial charge is 0.317 e. The molecule has 2 heterocycles. The molecule has 0 spiro atoms. The van der Waals surface area contributed by atoms with Crippen LogP contribution in [-0.2, 0) is 4.79 Å². The molecule has 1 unspecified atom stereocenters. The number of thiazole rings is 1. The van der Waals surface area contributed by atoms with Crippen LogP contribution in [0.4, 0.5) is 4.39 Å². The predicted octanol–water partition coefficient (Wildman–Crippen LogP) is 2.96. The molecule has 0 saturated carbocycles. The number of carboxylic acids is 1. The van der Waals surface area contributed by atoms with Crippen LogP contribution >= 0.6 is 11.3 Å². The molecule has 1 aromatic carbocycles. The normalized spacial score (nSPS) is 17.7. The van der Waals surface area contributed by atoms with Crippen LogP contribution in [0.1, 0.15) is 28.9 Å². The van der Waals surface area contributed by atoms with Crippen LogP contribution in [0.2, 0.25) is 0 Å². The molecule has 6 nitrogen and oxygen atoms in total. The average molecular weight is 391 g/mol. The number of aromatic nitrogens is 1. The number of carboxylic acid groups (broad SMARTS) is 1. The zero-order valence-corrected chi connectivity index (χ0v) is 15.9. The van der Waals surface area contributed by atoms with E-state index in [1.165, 1.54) is 23.6 Å². The maximum absolute atomic E-state index is 13.9. The van der Waals surface area contributed by atoms with E-state index >= 15 is 0 Å². The SMILES string of the molecule is CN(CC(=O)O)C1CCCN(C(=O)c2cnc(-c3ccccc3F)s2)CC1. The van der Waals surface area contributed by atoms with Gasteiger partial charge < -0.3 is 10.0 Å². The predicted molar refractivity (Wildman–Crippen MR) is 101 cm³/mol. The first-order valence-corrected chi connectivity index (χ1v) is 9.69. The Morgan fingerprint density at radius 2 is 2.11 bits per heavy atom. The molecule has 0 aliphatic carbocycles. The Labute approximate surface area is 161 Å². The minimum atomic E-state index is -0.847. The van der Waals surface area contributed by atoms with E-state index in [4.69, 9.17) is 5.11 Å². The van der Waals surface area contributed by atoms with Crippen molar-refractivity contribution in [2.24, 2.45) is 0 Å². The van der Waals surface area contributed by atoms with Crippen molar-refractivity contribution in [3.8, 4) is 10.6 Å². The summed E-state index contributed by atoms with van der Waals surface area (Å²) >= 11 is 1.19. The van der Waals surface area contributed by atoms with Crippen molar-refractivity contribution in [3.05, 3.63) is 41.2 Å². The molecule has 3 rings (SSSR count). The van der Waals surface area contributed by atoms with Gasteiger partial charge in [-0.1, -0.05) is 12.1 Å². The van der Waals surface area contributed by atoms with Crippen LogP contribution in [-0.4, -0.2) is 64.5 Å². The fourth-order valence-electron chi connectivity index (χ4n) is 3.35. The first-order chi connectivity index (χ1) is 13.0. The second kappa shape index (κ2) is 8.58. The number of rotatable bonds is 5. The lowest BCUT2D eigenvalue weighted by Gasteiger charge is -2.25. The minimum Gasteiger partial charge on any atom is -0.480 e. The summed E-state index contributed by atoms with van der Waals surface area (Å²) in [5.74, 6) is -1.30. The average Bonchev–Trinajstić information content (AvgIpc) is 2.98. The third-order valence-corrected chi connectivity index (χ3v) is 5.83. The molecular weight excluding hydrogens is 369 g/mol. The van der Waals surface area contributed by atoms with Crippen molar-refractivity contribution in [1.29, 1.82) is 0 Å². The second-order valence-corrected chi connectivity index (χ2v) is 7.73. The van der Waals surface area contributed by atoms with Gasteiger partial charge in [0.15, 0.2) is 0 Å². The van der Waals surface area contributed by atoms with Crippen LogP contribution in [0, 0.1) is 5.82 Å². The largest absolute Gasteiger partial charge is 0.480 e.